The summed E-state index contributed by atoms with van der Waals surface area (Å²) in [6, 6.07) is 0. The number of amides is 1. The Morgan fingerprint density at radius 2 is 1.59 bits per heavy atom. The lowest BCUT2D eigenvalue weighted by Gasteiger charge is -2.25. The van der Waals surface area contributed by atoms with E-state index in [9.17, 15) is 29.4 Å². The Morgan fingerprint density at radius 1 is 0.949 bits per heavy atom. The maximum absolute atomic E-state index is 12.7. The number of esters is 2. The summed E-state index contributed by atoms with van der Waals surface area (Å²) >= 11 is 0. The van der Waals surface area contributed by atoms with Crippen LogP contribution in [0.2, 0.25) is 0 Å². The summed E-state index contributed by atoms with van der Waals surface area (Å²) in [7, 11) is 4.08. The Labute approximate surface area is 232 Å². The van der Waals surface area contributed by atoms with Crippen molar-refractivity contribution < 1.29 is 43.6 Å². The number of nitrogens with two attached hydrogens (primary N) is 1. The van der Waals surface area contributed by atoms with Crippen LogP contribution in [-0.2, 0) is 33.4 Å². The van der Waals surface area contributed by atoms with Gasteiger partial charge in [0.2, 0.25) is 5.91 Å². The zero-order valence-electron chi connectivity index (χ0n) is 24.1. The van der Waals surface area contributed by atoms with Gasteiger partial charge in [0.15, 0.2) is 0 Å². The van der Waals surface area contributed by atoms with Gasteiger partial charge in [0.25, 0.3) is 0 Å². The second-order valence-corrected chi connectivity index (χ2v) is 9.80. The molecule has 0 radical (unpaired) electrons. The predicted molar refractivity (Wildman–Crippen MR) is 147 cm³/mol. The number of hydrogen-bond donors (Lipinski definition) is 3. The molecule has 222 valence electrons. The highest BCUT2D eigenvalue weighted by molar-refractivity contribution is 5.82. The molecule has 0 heterocycles. The topological polar surface area (TPSA) is 162 Å². The third-order valence-corrected chi connectivity index (χ3v) is 6.61. The zero-order valence-corrected chi connectivity index (χ0v) is 24.1. The van der Waals surface area contributed by atoms with Crippen LogP contribution in [0.4, 0.5) is 0 Å². The van der Waals surface area contributed by atoms with E-state index in [0.717, 1.165) is 0 Å². The number of carbonyl (C=O) groups is 4. The van der Waals surface area contributed by atoms with E-state index in [1.165, 1.54) is 27.4 Å². The van der Waals surface area contributed by atoms with Crippen molar-refractivity contribution in [3.8, 4) is 0 Å². The molecule has 6 atom stereocenters. The van der Waals surface area contributed by atoms with Crippen molar-refractivity contribution in [2.45, 2.75) is 84.0 Å². The Morgan fingerprint density at radius 3 is 2.15 bits per heavy atom. The summed E-state index contributed by atoms with van der Waals surface area (Å²) in [6.45, 7) is 5.16. The SMILES string of the molecule is COC(=O)/C=C/CC/C=C/[C@H](OC)[C@H](O)[C@H](C)/C=C(/C)[C@H](O)[C@@H](C)C(=O)CCC[C@H](CC(N)=O)CC(=O)OC. The fourth-order valence-corrected chi connectivity index (χ4v) is 4.16. The van der Waals surface area contributed by atoms with Crippen LogP contribution < -0.4 is 5.73 Å². The van der Waals surface area contributed by atoms with Gasteiger partial charge in [-0.3, -0.25) is 14.4 Å². The van der Waals surface area contributed by atoms with Gasteiger partial charge in [-0.25, -0.2) is 4.79 Å². The molecule has 4 N–H and O–H groups in total. The van der Waals surface area contributed by atoms with E-state index in [4.69, 9.17) is 10.5 Å². The molecule has 0 aliphatic heterocycles. The smallest absolute Gasteiger partial charge is 0.330 e. The summed E-state index contributed by atoms with van der Waals surface area (Å²) in [6.07, 6.45) is 8.36. The van der Waals surface area contributed by atoms with Gasteiger partial charge in [-0.05, 0) is 44.1 Å². The molecule has 0 aromatic heterocycles. The molecule has 0 unspecified atom stereocenters. The third-order valence-electron chi connectivity index (χ3n) is 6.61. The van der Waals surface area contributed by atoms with Crippen LogP contribution >= 0.6 is 0 Å². The highest BCUT2D eigenvalue weighted by atomic mass is 16.5. The van der Waals surface area contributed by atoms with Gasteiger partial charge < -0.3 is 30.2 Å². The van der Waals surface area contributed by atoms with Gasteiger partial charge in [-0.15, -0.1) is 0 Å². The molecule has 10 nitrogen and oxygen atoms in total. The van der Waals surface area contributed by atoms with Crippen LogP contribution in [-0.4, -0.2) is 73.5 Å². The van der Waals surface area contributed by atoms with Crippen LogP contribution in [0.3, 0.4) is 0 Å². The summed E-state index contributed by atoms with van der Waals surface area (Å²) < 4.78 is 14.6. The van der Waals surface area contributed by atoms with E-state index in [1.54, 1.807) is 39.0 Å². The minimum absolute atomic E-state index is 0.0353. The molecular weight excluding hydrogens is 506 g/mol. The van der Waals surface area contributed by atoms with Gasteiger partial charge in [0, 0.05) is 44.3 Å². The number of Topliss-reactive ketones (excluding diaryl/α,β-unsaturated/α-hetero) is 1. The Hall–Kier alpha value is -2.82. The largest absolute Gasteiger partial charge is 0.469 e. The molecule has 0 saturated heterocycles. The van der Waals surface area contributed by atoms with E-state index >= 15 is 0 Å². The van der Waals surface area contributed by atoms with Crippen LogP contribution in [0.5, 0.6) is 0 Å². The standard InChI is InChI=1S/C29H47NO9/c1-19(16-20(2)29(36)24(37-4)14-9-7-8-10-15-26(33)38-5)28(35)21(3)23(31)13-11-12-22(17-25(30)32)18-27(34)39-6/h9-10,14-16,20-22,24,28-29,35-36H,7-8,11-13,17-18H2,1-6H3,(H2,30,32)/b14-9+,15-10+,19-16-/t20-,21+,22-,24+,28+,29-/m1/s1. The number of primary amides is 1. The van der Waals surface area contributed by atoms with Crippen molar-refractivity contribution >= 4 is 23.6 Å². The first-order chi connectivity index (χ1) is 18.4. The zero-order chi connectivity index (χ0) is 30.0. The number of allylic oxidation sites excluding steroid dienone is 2. The minimum atomic E-state index is -1.03. The number of carbonyl (C=O) groups excluding carboxylic acids is 4. The number of aliphatic hydroxyl groups excluding tert-OH is 2. The lowest BCUT2D eigenvalue weighted by atomic mass is 9.87. The number of ketones is 1. The number of unbranched alkanes of at least 4 members (excludes halogenated alkanes) is 1. The first kappa shape index (κ1) is 36.2. The molecule has 0 aliphatic rings. The lowest BCUT2D eigenvalue weighted by molar-refractivity contribution is -0.142. The van der Waals surface area contributed by atoms with E-state index in [-0.39, 0.29) is 36.9 Å². The van der Waals surface area contributed by atoms with Gasteiger partial charge in [0.05, 0.1) is 26.4 Å². The van der Waals surface area contributed by atoms with Crippen molar-refractivity contribution in [3.63, 3.8) is 0 Å². The van der Waals surface area contributed by atoms with Crippen molar-refractivity contribution in [2.24, 2.45) is 23.5 Å². The lowest BCUT2D eigenvalue weighted by Crippen LogP contribution is -2.32. The van der Waals surface area contributed by atoms with Gasteiger partial charge in [-0.2, -0.15) is 0 Å². The summed E-state index contributed by atoms with van der Waals surface area (Å²) in [5.74, 6) is -2.85. The average molecular weight is 554 g/mol. The Kier molecular flexibility index (Phi) is 18.7. The maximum Gasteiger partial charge on any atom is 0.330 e. The average Bonchev–Trinajstić information content (AvgIpc) is 2.90. The fraction of sp³-hybridized carbons (Fsp3) is 0.655. The van der Waals surface area contributed by atoms with Crippen molar-refractivity contribution in [3.05, 3.63) is 36.0 Å². The molecule has 0 aromatic rings. The first-order valence-electron chi connectivity index (χ1n) is 13.2. The number of rotatable bonds is 20. The van der Waals surface area contributed by atoms with Crippen LogP contribution in [0.15, 0.2) is 36.0 Å². The minimum Gasteiger partial charge on any atom is -0.469 e. The second kappa shape index (κ2) is 20.1. The Bertz CT molecular complexity index is 865. The molecule has 39 heavy (non-hydrogen) atoms. The first-order valence-corrected chi connectivity index (χ1v) is 13.2. The molecule has 0 fully saturated rings. The molecule has 0 rings (SSSR count). The van der Waals surface area contributed by atoms with Gasteiger partial charge in [-0.1, -0.05) is 38.2 Å². The quantitative estimate of drug-likeness (QED) is 0.0890. The Balaban J connectivity index is 4.93. The molecular formula is C29H47NO9. The molecule has 0 saturated carbocycles. The highest BCUT2D eigenvalue weighted by Crippen LogP contribution is 2.23. The summed E-state index contributed by atoms with van der Waals surface area (Å²) in [5, 5.41) is 21.5. The molecule has 0 spiro atoms. The fourth-order valence-electron chi connectivity index (χ4n) is 4.16. The van der Waals surface area contributed by atoms with Gasteiger partial charge in [0.1, 0.15) is 11.9 Å². The van der Waals surface area contributed by atoms with E-state index in [2.05, 4.69) is 9.47 Å². The summed E-state index contributed by atoms with van der Waals surface area (Å²) in [4.78, 5) is 46.6. The molecule has 0 bridgehead atoms. The molecule has 10 heteroatoms. The van der Waals surface area contributed by atoms with Gasteiger partial charge >= 0.3 is 11.9 Å². The third kappa shape index (κ3) is 15.4. The maximum atomic E-state index is 12.7. The second-order valence-electron chi connectivity index (χ2n) is 9.80. The van der Waals surface area contributed by atoms with Crippen molar-refractivity contribution in [1.82, 2.24) is 0 Å². The van der Waals surface area contributed by atoms with E-state index < -0.39 is 42.1 Å². The van der Waals surface area contributed by atoms with E-state index in [1.807, 2.05) is 6.08 Å². The molecule has 0 aromatic carbocycles. The van der Waals surface area contributed by atoms with Crippen molar-refractivity contribution in [1.29, 1.82) is 0 Å². The monoisotopic (exact) mass is 553 g/mol. The van der Waals surface area contributed by atoms with Crippen LogP contribution in [0.1, 0.15) is 65.7 Å². The number of methoxy groups -OCH3 is 3. The van der Waals surface area contributed by atoms with Crippen LogP contribution in [0, 0.1) is 17.8 Å². The van der Waals surface area contributed by atoms with Crippen molar-refractivity contribution in [2.75, 3.05) is 21.3 Å². The number of hydrogen-bond acceptors (Lipinski definition) is 9. The molecule has 1 amide bonds. The number of aliphatic hydroxyl groups is 2. The number of ether oxygens (including phenoxy) is 3. The predicted octanol–water partition coefficient (Wildman–Crippen LogP) is 2.80. The summed E-state index contributed by atoms with van der Waals surface area (Å²) in [5.41, 5.74) is 5.82. The molecule has 0 aliphatic carbocycles. The highest BCUT2D eigenvalue weighted by Gasteiger charge is 2.26. The van der Waals surface area contributed by atoms with E-state index in [0.29, 0.717) is 31.3 Å². The van der Waals surface area contributed by atoms with Crippen LogP contribution in [0.25, 0.3) is 0 Å². The normalized spacial score (nSPS) is 16.9.